The highest BCUT2D eigenvalue weighted by Crippen LogP contribution is 2.71. The van der Waals surface area contributed by atoms with Gasteiger partial charge in [0.25, 0.3) is 0 Å². The number of imidazole rings is 1. The molecule has 0 bridgehead atoms. The van der Waals surface area contributed by atoms with Crippen LogP contribution in [0.4, 0.5) is 5.82 Å². The van der Waals surface area contributed by atoms with Gasteiger partial charge in [0.05, 0.1) is 19.0 Å². The van der Waals surface area contributed by atoms with Crippen molar-refractivity contribution in [2.75, 3.05) is 12.3 Å². The topological polar surface area (TPSA) is 203 Å². The van der Waals surface area contributed by atoms with E-state index in [2.05, 4.69) is 19.5 Å². The number of nitrogens with zero attached hydrogens (tertiary/aromatic N) is 4. The van der Waals surface area contributed by atoms with Gasteiger partial charge in [0.2, 0.25) is 0 Å². The van der Waals surface area contributed by atoms with Crippen LogP contribution in [0.3, 0.4) is 0 Å². The van der Waals surface area contributed by atoms with E-state index in [4.69, 9.17) is 20.0 Å². The molecule has 0 amide bonds. The number of phosphoric acid groups is 2. The highest BCUT2D eigenvalue weighted by atomic mass is 31.2. The fraction of sp³-hybridized carbons (Fsp3) is 0.583. The quantitative estimate of drug-likeness (QED) is 0.390. The van der Waals surface area contributed by atoms with Crippen LogP contribution in [0, 0.1) is 11.3 Å². The third kappa shape index (κ3) is 3.41. The average molecular weight is 421 g/mol. The molecule has 2 aliphatic carbocycles. The Hall–Kier alpha value is -1.43. The second kappa shape index (κ2) is 6.03. The van der Waals surface area contributed by atoms with Gasteiger partial charge in [-0.05, 0) is 18.8 Å². The first-order valence-electron chi connectivity index (χ1n) is 7.87. The molecule has 2 aliphatic rings. The molecule has 4 atom stereocenters. The number of nitrogens with two attached hydrogens (primary N) is 1. The monoisotopic (exact) mass is 421 g/mol. The number of phosphoric ester groups is 2. The third-order valence-electron chi connectivity index (χ3n) is 5.25. The van der Waals surface area contributed by atoms with Crippen molar-refractivity contribution in [3.05, 3.63) is 12.7 Å². The predicted octanol–water partition coefficient (Wildman–Crippen LogP) is -0.0532. The molecule has 2 heterocycles. The maximum absolute atomic E-state index is 11.4. The number of aromatic nitrogens is 4. The smallest absolute Gasteiger partial charge is 0.382 e. The highest BCUT2D eigenvalue weighted by molar-refractivity contribution is 7.46. The largest absolute Gasteiger partial charge is 0.469 e. The van der Waals surface area contributed by atoms with Crippen molar-refractivity contribution in [1.82, 2.24) is 19.5 Å². The molecule has 6 N–H and O–H groups in total. The summed E-state index contributed by atoms with van der Waals surface area (Å²) in [5.74, 6) is 0.0147. The summed E-state index contributed by atoms with van der Waals surface area (Å²) < 4.78 is 33.7. The lowest BCUT2D eigenvalue weighted by molar-refractivity contribution is 0.0499. The van der Waals surface area contributed by atoms with Crippen molar-refractivity contribution < 1.29 is 37.8 Å². The molecular weight excluding hydrogens is 404 g/mol. The number of hydrogen-bond acceptors (Lipinski definition) is 8. The van der Waals surface area contributed by atoms with Crippen molar-refractivity contribution in [3.8, 4) is 0 Å². The Morgan fingerprint density at radius 2 is 1.96 bits per heavy atom. The molecule has 4 rings (SSSR count). The minimum Gasteiger partial charge on any atom is -0.382 e. The van der Waals surface area contributed by atoms with Crippen LogP contribution < -0.4 is 5.73 Å². The Bertz CT molecular complexity index is 987. The standard InChI is InChI=1S/C12H17N5O8P2/c13-10-9-11(15-4-14-10)17(5-16-9)7-1-8(25-27(21,22)23)12(2-6(7)12)3-24-26(18,19)20/h4-8H,1-3H2,(H2,13,14,15)(H2,18,19,20)(H2,21,22,23)/t6-,7-,8-,12+/m0/s1. The molecule has 2 fully saturated rings. The minimum atomic E-state index is -4.81. The first-order valence-corrected chi connectivity index (χ1v) is 10.9. The van der Waals surface area contributed by atoms with Gasteiger partial charge in [-0.15, -0.1) is 0 Å². The van der Waals surface area contributed by atoms with Gasteiger partial charge in [-0.25, -0.2) is 24.1 Å². The fourth-order valence-electron chi connectivity index (χ4n) is 4.06. The number of rotatable bonds is 6. The maximum Gasteiger partial charge on any atom is 0.469 e. The summed E-state index contributed by atoms with van der Waals surface area (Å²) >= 11 is 0. The Balaban J connectivity index is 1.67. The Kier molecular flexibility index (Phi) is 4.22. The van der Waals surface area contributed by atoms with Crippen molar-refractivity contribution in [2.45, 2.75) is 25.0 Å². The summed E-state index contributed by atoms with van der Waals surface area (Å²) in [6.45, 7) is -0.382. The lowest BCUT2D eigenvalue weighted by Crippen LogP contribution is -2.26. The van der Waals surface area contributed by atoms with Gasteiger partial charge >= 0.3 is 15.6 Å². The van der Waals surface area contributed by atoms with E-state index in [-0.39, 0.29) is 30.8 Å². The van der Waals surface area contributed by atoms with E-state index in [1.807, 2.05) is 0 Å². The zero-order chi connectivity index (χ0) is 19.6. The maximum atomic E-state index is 11.4. The van der Waals surface area contributed by atoms with Gasteiger partial charge in [-0.3, -0.25) is 9.05 Å². The van der Waals surface area contributed by atoms with Gasteiger partial charge in [0.1, 0.15) is 11.8 Å². The molecule has 15 heteroatoms. The van der Waals surface area contributed by atoms with Gasteiger partial charge in [0.15, 0.2) is 11.5 Å². The normalized spacial score (nSPS) is 30.6. The first kappa shape index (κ1) is 18.9. The molecule has 0 aromatic carbocycles. The van der Waals surface area contributed by atoms with E-state index in [1.54, 1.807) is 4.57 Å². The predicted molar refractivity (Wildman–Crippen MR) is 88.8 cm³/mol. The van der Waals surface area contributed by atoms with Gasteiger partial charge in [-0.1, -0.05) is 0 Å². The van der Waals surface area contributed by atoms with Crippen LogP contribution >= 0.6 is 15.6 Å². The molecule has 2 saturated carbocycles. The van der Waals surface area contributed by atoms with Crippen LogP contribution in [0.15, 0.2) is 12.7 Å². The first-order chi connectivity index (χ1) is 12.5. The molecule has 2 aromatic rings. The highest BCUT2D eigenvalue weighted by Gasteiger charge is 2.69. The summed E-state index contributed by atoms with van der Waals surface area (Å²) in [5, 5.41) is 0. The summed E-state index contributed by atoms with van der Waals surface area (Å²) in [5.41, 5.74) is 5.73. The Labute approximate surface area is 152 Å². The number of fused-ring (bicyclic) bond motifs is 2. The van der Waals surface area contributed by atoms with Gasteiger partial charge in [-0.2, -0.15) is 0 Å². The van der Waals surface area contributed by atoms with Crippen molar-refractivity contribution in [2.24, 2.45) is 11.3 Å². The fourth-order valence-corrected chi connectivity index (χ4v) is 5.09. The number of hydrogen-bond donors (Lipinski definition) is 5. The van der Waals surface area contributed by atoms with Crippen LogP contribution in [0.2, 0.25) is 0 Å². The summed E-state index contributed by atoms with van der Waals surface area (Å²) in [4.78, 5) is 48.7. The second-order valence-corrected chi connectivity index (χ2v) is 9.21. The molecule has 0 spiro atoms. The van der Waals surface area contributed by atoms with Crippen molar-refractivity contribution in [1.29, 1.82) is 0 Å². The zero-order valence-electron chi connectivity index (χ0n) is 13.7. The van der Waals surface area contributed by atoms with E-state index in [0.717, 1.165) is 0 Å². The van der Waals surface area contributed by atoms with E-state index >= 15 is 0 Å². The number of nitrogen functional groups attached to an aromatic ring is 1. The van der Waals surface area contributed by atoms with Crippen LogP contribution in [0.1, 0.15) is 18.9 Å². The molecule has 148 valence electrons. The number of anilines is 1. The summed E-state index contributed by atoms with van der Waals surface area (Å²) in [6, 6.07) is -0.304. The van der Waals surface area contributed by atoms with Gasteiger partial charge < -0.3 is 29.9 Å². The van der Waals surface area contributed by atoms with Crippen molar-refractivity contribution >= 4 is 32.6 Å². The molecule has 0 saturated heterocycles. The lowest BCUT2D eigenvalue weighted by atomic mass is 10.0. The Morgan fingerprint density at radius 1 is 1.22 bits per heavy atom. The van der Waals surface area contributed by atoms with Crippen LogP contribution in [0.5, 0.6) is 0 Å². The van der Waals surface area contributed by atoms with Gasteiger partial charge in [0, 0.05) is 11.5 Å². The molecule has 13 nitrogen and oxygen atoms in total. The summed E-state index contributed by atoms with van der Waals surface area (Å²) in [6.07, 6.45) is 2.45. The molecule has 0 aliphatic heterocycles. The molecule has 0 radical (unpaired) electrons. The third-order valence-corrected chi connectivity index (χ3v) is 6.24. The lowest BCUT2D eigenvalue weighted by Gasteiger charge is -2.24. The zero-order valence-corrected chi connectivity index (χ0v) is 15.5. The molecule has 0 unspecified atom stereocenters. The second-order valence-electron chi connectivity index (χ2n) is 6.78. The van der Waals surface area contributed by atoms with E-state index in [1.165, 1.54) is 12.7 Å². The molecular formula is C12H17N5O8P2. The van der Waals surface area contributed by atoms with Crippen LogP contribution in [-0.2, 0) is 18.2 Å². The van der Waals surface area contributed by atoms with E-state index in [0.29, 0.717) is 17.6 Å². The molecule has 2 aromatic heterocycles. The Morgan fingerprint density at radius 3 is 2.63 bits per heavy atom. The van der Waals surface area contributed by atoms with E-state index < -0.39 is 27.2 Å². The molecule has 27 heavy (non-hydrogen) atoms. The van der Waals surface area contributed by atoms with Crippen LogP contribution in [-0.4, -0.2) is 51.8 Å². The SMILES string of the molecule is Nc1ncnc2c1ncn2[C@H]1C[C@H](OP(=O)(O)O)[C@@]2(COP(=O)(O)O)C[C@@H]12. The average Bonchev–Trinajstić information content (AvgIpc) is 2.98. The van der Waals surface area contributed by atoms with E-state index in [9.17, 15) is 18.9 Å². The summed E-state index contributed by atoms with van der Waals surface area (Å²) in [7, 11) is -9.56. The van der Waals surface area contributed by atoms with Crippen molar-refractivity contribution in [3.63, 3.8) is 0 Å². The van der Waals surface area contributed by atoms with Crippen LogP contribution in [0.25, 0.3) is 11.2 Å². The minimum absolute atomic E-state index is 0.186.